The van der Waals surface area contributed by atoms with E-state index in [2.05, 4.69) is 91.2 Å². The van der Waals surface area contributed by atoms with Crippen molar-refractivity contribution >= 4 is 5.69 Å². The van der Waals surface area contributed by atoms with Crippen LogP contribution in [0.1, 0.15) is 49.0 Å². The molecule has 35 heavy (non-hydrogen) atoms. The number of nitrogens with zero attached hydrogens (tertiary/aromatic N) is 2. The molecule has 0 spiro atoms. The van der Waals surface area contributed by atoms with Crippen LogP contribution in [-0.4, -0.2) is 44.4 Å². The van der Waals surface area contributed by atoms with Gasteiger partial charge in [0.25, 0.3) is 0 Å². The molecule has 2 aliphatic heterocycles. The highest BCUT2D eigenvalue weighted by Crippen LogP contribution is 2.36. The van der Waals surface area contributed by atoms with Gasteiger partial charge in [-0.15, -0.1) is 0 Å². The Bertz CT molecular complexity index is 1120. The highest BCUT2D eigenvalue weighted by molar-refractivity contribution is 5.53. The van der Waals surface area contributed by atoms with Crippen LogP contribution in [0, 0.1) is 6.92 Å². The number of hydrogen-bond acceptors (Lipinski definition) is 5. The van der Waals surface area contributed by atoms with E-state index >= 15 is 0 Å². The Morgan fingerprint density at radius 2 is 1.54 bits per heavy atom. The molecule has 1 atom stereocenters. The molecule has 0 saturated carbocycles. The van der Waals surface area contributed by atoms with E-state index in [1.165, 1.54) is 16.8 Å². The molecule has 0 bridgehead atoms. The van der Waals surface area contributed by atoms with Gasteiger partial charge < -0.3 is 19.1 Å². The van der Waals surface area contributed by atoms with Gasteiger partial charge in [0, 0.05) is 44.8 Å². The molecule has 5 rings (SSSR count). The minimum absolute atomic E-state index is 0.0520. The van der Waals surface area contributed by atoms with Crippen LogP contribution in [0.3, 0.4) is 0 Å². The molecule has 1 fully saturated rings. The van der Waals surface area contributed by atoms with Crippen LogP contribution < -0.4 is 19.1 Å². The number of ether oxygens (including phenoxy) is 3. The van der Waals surface area contributed by atoms with Crippen molar-refractivity contribution in [1.82, 2.24) is 4.90 Å². The zero-order valence-electron chi connectivity index (χ0n) is 21.1. The summed E-state index contributed by atoms with van der Waals surface area (Å²) in [4.78, 5) is 5.06. The summed E-state index contributed by atoms with van der Waals surface area (Å²) in [6.07, 6.45) is 0.861. The molecule has 0 aromatic heterocycles. The van der Waals surface area contributed by atoms with Crippen molar-refractivity contribution in [2.24, 2.45) is 0 Å². The van der Waals surface area contributed by atoms with Crippen molar-refractivity contribution < 1.29 is 14.2 Å². The van der Waals surface area contributed by atoms with E-state index in [4.69, 9.17) is 14.2 Å². The minimum atomic E-state index is -0.0520. The number of rotatable bonds is 8. The summed E-state index contributed by atoms with van der Waals surface area (Å²) in [6.45, 7) is 12.1. The zero-order valence-corrected chi connectivity index (χ0v) is 21.1. The molecular weight excluding hydrogens is 436 g/mol. The molecule has 2 heterocycles. The quantitative estimate of drug-likeness (QED) is 0.391. The second-order valence-electron chi connectivity index (χ2n) is 9.85. The Hall–Kier alpha value is -3.18. The van der Waals surface area contributed by atoms with Crippen LogP contribution in [0.5, 0.6) is 17.2 Å². The first-order valence-corrected chi connectivity index (χ1v) is 12.8. The van der Waals surface area contributed by atoms with E-state index in [1.54, 1.807) is 0 Å². The Balaban J connectivity index is 1.25. The molecule has 0 radical (unpaired) electrons. The second-order valence-corrected chi connectivity index (χ2v) is 9.85. The number of hydrogen-bond donors (Lipinski definition) is 0. The highest BCUT2D eigenvalue weighted by atomic mass is 16.7. The molecule has 0 N–H and O–H groups in total. The zero-order chi connectivity index (χ0) is 24.2. The van der Waals surface area contributed by atoms with E-state index in [0.717, 1.165) is 62.0 Å². The fourth-order valence-electron chi connectivity index (χ4n) is 4.93. The molecule has 1 saturated heterocycles. The lowest BCUT2D eigenvalue weighted by molar-refractivity contribution is 0.159. The standard InChI is InChI=1S/C30H36N2O3/c1-22(2)24-8-11-26(12-9-24)35-28(25-10-13-29-30(20-25)34-21-33-29)14-15-31-16-18-32(19-17-31)27-7-5-4-6-23(27)3/h4-13,20,22,28H,14-19,21H2,1-3H3/t28-/m1/s1. The van der Waals surface area contributed by atoms with Gasteiger partial charge in [0.2, 0.25) is 6.79 Å². The van der Waals surface area contributed by atoms with Gasteiger partial charge in [-0.2, -0.15) is 0 Å². The number of anilines is 1. The Morgan fingerprint density at radius 1 is 0.829 bits per heavy atom. The maximum Gasteiger partial charge on any atom is 0.231 e. The monoisotopic (exact) mass is 472 g/mol. The molecule has 0 aliphatic carbocycles. The van der Waals surface area contributed by atoms with E-state index in [0.29, 0.717) is 5.92 Å². The summed E-state index contributed by atoms with van der Waals surface area (Å²) in [7, 11) is 0. The molecular formula is C30H36N2O3. The van der Waals surface area contributed by atoms with Gasteiger partial charge in [-0.05, 0) is 59.9 Å². The lowest BCUT2D eigenvalue weighted by atomic mass is 10.0. The van der Waals surface area contributed by atoms with Crippen molar-refractivity contribution in [1.29, 1.82) is 0 Å². The van der Waals surface area contributed by atoms with E-state index in [9.17, 15) is 0 Å². The van der Waals surface area contributed by atoms with Crippen molar-refractivity contribution in [2.75, 3.05) is 44.4 Å². The molecule has 0 unspecified atom stereocenters. The number of aryl methyl sites for hydroxylation is 1. The van der Waals surface area contributed by atoms with Crippen molar-refractivity contribution in [3.8, 4) is 17.2 Å². The fourth-order valence-corrected chi connectivity index (χ4v) is 4.93. The average Bonchev–Trinajstić information content (AvgIpc) is 3.35. The number of piperazine rings is 1. The van der Waals surface area contributed by atoms with Crippen molar-refractivity contribution in [3.05, 3.63) is 83.4 Å². The van der Waals surface area contributed by atoms with Crippen molar-refractivity contribution in [3.63, 3.8) is 0 Å². The van der Waals surface area contributed by atoms with E-state index in [1.807, 2.05) is 6.07 Å². The number of benzene rings is 3. The van der Waals surface area contributed by atoms with Crippen LogP contribution in [-0.2, 0) is 0 Å². The Morgan fingerprint density at radius 3 is 2.29 bits per heavy atom. The lowest BCUT2D eigenvalue weighted by Crippen LogP contribution is -2.47. The topological polar surface area (TPSA) is 34.2 Å². The van der Waals surface area contributed by atoms with Gasteiger partial charge in [-0.1, -0.05) is 50.2 Å². The maximum absolute atomic E-state index is 6.56. The summed E-state index contributed by atoms with van der Waals surface area (Å²) in [5.74, 6) is 3.02. The first-order chi connectivity index (χ1) is 17.1. The van der Waals surface area contributed by atoms with E-state index in [-0.39, 0.29) is 12.9 Å². The third kappa shape index (κ3) is 5.57. The summed E-state index contributed by atoms with van der Waals surface area (Å²) in [6, 6.07) is 23.4. The second kappa shape index (κ2) is 10.6. The molecule has 5 nitrogen and oxygen atoms in total. The predicted molar refractivity (Wildman–Crippen MR) is 141 cm³/mol. The van der Waals surface area contributed by atoms with Crippen LogP contribution >= 0.6 is 0 Å². The molecule has 3 aromatic rings. The van der Waals surface area contributed by atoms with Crippen LogP contribution in [0.2, 0.25) is 0 Å². The first kappa shape index (κ1) is 23.6. The van der Waals surface area contributed by atoms with Crippen LogP contribution in [0.25, 0.3) is 0 Å². The van der Waals surface area contributed by atoms with Crippen molar-refractivity contribution in [2.45, 2.75) is 39.2 Å². The lowest BCUT2D eigenvalue weighted by Gasteiger charge is -2.37. The highest BCUT2D eigenvalue weighted by Gasteiger charge is 2.23. The maximum atomic E-state index is 6.56. The molecule has 5 heteroatoms. The van der Waals surface area contributed by atoms with E-state index < -0.39 is 0 Å². The Kier molecular flexibility index (Phi) is 7.14. The average molecular weight is 473 g/mol. The van der Waals surface area contributed by atoms with Gasteiger partial charge in [0.1, 0.15) is 11.9 Å². The van der Waals surface area contributed by atoms with Crippen LogP contribution in [0.4, 0.5) is 5.69 Å². The molecule has 2 aliphatic rings. The summed E-state index contributed by atoms with van der Waals surface area (Å²) in [5.41, 5.74) is 5.16. The summed E-state index contributed by atoms with van der Waals surface area (Å²) in [5, 5.41) is 0. The summed E-state index contributed by atoms with van der Waals surface area (Å²) < 4.78 is 17.7. The van der Waals surface area contributed by atoms with Gasteiger partial charge >= 0.3 is 0 Å². The SMILES string of the molecule is Cc1ccccc1N1CCN(CC[C@@H](Oc2ccc(C(C)C)cc2)c2ccc3c(c2)OCO3)CC1. The van der Waals surface area contributed by atoms with Crippen LogP contribution in [0.15, 0.2) is 66.7 Å². The smallest absolute Gasteiger partial charge is 0.231 e. The Labute approximate surface area is 209 Å². The third-order valence-electron chi connectivity index (χ3n) is 7.13. The fraction of sp³-hybridized carbons (Fsp3) is 0.400. The van der Waals surface area contributed by atoms with Gasteiger partial charge in [-0.3, -0.25) is 4.90 Å². The number of fused-ring (bicyclic) bond motifs is 1. The largest absolute Gasteiger partial charge is 0.486 e. The third-order valence-corrected chi connectivity index (χ3v) is 7.13. The molecule has 0 amide bonds. The number of para-hydroxylation sites is 1. The molecule has 3 aromatic carbocycles. The first-order valence-electron chi connectivity index (χ1n) is 12.8. The normalized spacial score (nSPS) is 16.5. The summed E-state index contributed by atoms with van der Waals surface area (Å²) >= 11 is 0. The molecule has 184 valence electrons. The minimum Gasteiger partial charge on any atom is -0.486 e. The van der Waals surface area contributed by atoms with Gasteiger partial charge in [0.15, 0.2) is 11.5 Å². The predicted octanol–water partition coefficient (Wildman–Crippen LogP) is 6.18. The van der Waals surface area contributed by atoms with Gasteiger partial charge in [0.05, 0.1) is 0 Å². The van der Waals surface area contributed by atoms with Gasteiger partial charge in [-0.25, -0.2) is 0 Å².